The van der Waals surface area contributed by atoms with Crippen LogP contribution in [-0.4, -0.2) is 34.7 Å². The van der Waals surface area contributed by atoms with E-state index < -0.39 is 23.9 Å². The molecule has 2 amide bonds. The summed E-state index contributed by atoms with van der Waals surface area (Å²) in [5, 5.41) is 4.47. The molecular weight excluding hydrogens is 348 g/mol. The Morgan fingerprint density at radius 2 is 1.74 bits per heavy atom. The number of fused-ring (bicyclic) bond motifs is 1. The summed E-state index contributed by atoms with van der Waals surface area (Å²) in [6.07, 6.45) is -0.809. The molecule has 0 spiro atoms. The van der Waals surface area contributed by atoms with E-state index in [2.05, 4.69) is 5.16 Å². The SMILES string of the molecule is Cc1ccc(C)c(C2=NOC(C(=O)ON3C(=O)c4ccccc4C3=O)C2)c1. The van der Waals surface area contributed by atoms with Gasteiger partial charge in [0.15, 0.2) is 0 Å². The van der Waals surface area contributed by atoms with Crippen molar-refractivity contribution in [2.45, 2.75) is 26.4 Å². The Morgan fingerprint density at radius 3 is 2.41 bits per heavy atom. The zero-order chi connectivity index (χ0) is 19.1. The number of hydrogen-bond donors (Lipinski definition) is 0. The van der Waals surface area contributed by atoms with Crippen LogP contribution in [0.2, 0.25) is 0 Å². The van der Waals surface area contributed by atoms with Crippen LogP contribution in [-0.2, 0) is 14.5 Å². The van der Waals surface area contributed by atoms with E-state index >= 15 is 0 Å². The molecule has 136 valence electrons. The first kappa shape index (κ1) is 17.0. The molecule has 2 aliphatic rings. The molecule has 0 fully saturated rings. The topological polar surface area (TPSA) is 85.3 Å². The minimum atomic E-state index is -1.01. The maximum atomic E-state index is 12.4. The molecule has 0 radical (unpaired) electrons. The van der Waals surface area contributed by atoms with E-state index in [0.717, 1.165) is 16.7 Å². The Balaban J connectivity index is 1.46. The minimum absolute atomic E-state index is 0.201. The molecule has 1 unspecified atom stereocenters. The van der Waals surface area contributed by atoms with Gasteiger partial charge in [0.05, 0.1) is 16.8 Å². The van der Waals surface area contributed by atoms with Crippen molar-refractivity contribution in [2.24, 2.45) is 5.16 Å². The molecule has 1 atom stereocenters. The monoisotopic (exact) mass is 364 g/mol. The van der Waals surface area contributed by atoms with Crippen LogP contribution in [0.5, 0.6) is 0 Å². The van der Waals surface area contributed by atoms with Gasteiger partial charge in [0.1, 0.15) is 0 Å². The summed E-state index contributed by atoms with van der Waals surface area (Å²) in [4.78, 5) is 47.2. The van der Waals surface area contributed by atoms with Crippen molar-refractivity contribution in [3.05, 3.63) is 70.3 Å². The van der Waals surface area contributed by atoms with E-state index in [1.165, 1.54) is 12.1 Å². The molecule has 4 rings (SSSR count). The summed E-state index contributed by atoms with van der Waals surface area (Å²) in [6, 6.07) is 12.2. The number of carbonyl (C=O) groups excluding carboxylic acids is 3. The Hall–Kier alpha value is -3.48. The molecule has 2 aromatic carbocycles. The zero-order valence-electron chi connectivity index (χ0n) is 14.8. The third kappa shape index (κ3) is 2.87. The highest BCUT2D eigenvalue weighted by molar-refractivity contribution is 6.21. The average Bonchev–Trinajstić information content (AvgIpc) is 3.24. The summed E-state index contributed by atoms with van der Waals surface area (Å²) in [5.74, 6) is -2.18. The third-order valence-electron chi connectivity index (χ3n) is 4.57. The van der Waals surface area contributed by atoms with Gasteiger partial charge in [-0.3, -0.25) is 9.59 Å². The van der Waals surface area contributed by atoms with Gasteiger partial charge in [0, 0.05) is 12.0 Å². The van der Waals surface area contributed by atoms with Crippen LogP contribution in [0.4, 0.5) is 0 Å². The van der Waals surface area contributed by atoms with Gasteiger partial charge in [-0.2, -0.15) is 0 Å². The molecule has 0 saturated carbocycles. The number of aryl methyl sites for hydroxylation is 2. The van der Waals surface area contributed by atoms with Crippen molar-refractivity contribution in [1.82, 2.24) is 5.06 Å². The predicted octanol–water partition coefficient (Wildman–Crippen LogP) is 2.55. The molecule has 0 aliphatic carbocycles. The smallest absolute Gasteiger partial charge is 0.376 e. The molecule has 27 heavy (non-hydrogen) atoms. The molecule has 0 saturated heterocycles. The molecule has 7 nitrogen and oxygen atoms in total. The standard InChI is InChI=1S/C20H16N2O5/c1-11-7-8-12(2)15(9-11)16-10-17(26-21-16)20(25)27-22-18(23)13-5-3-4-6-14(13)19(22)24/h3-9,17H,10H2,1-2H3. The first-order valence-electron chi connectivity index (χ1n) is 8.45. The largest absolute Gasteiger partial charge is 0.380 e. The van der Waals surface area contributed by atoms with Gasteiger partial charge in [0.2, 0.25) is 6.10 Å². The van der Waals surface area contributed by atoms with E-state index in [-0.39, 0.29) is 17.5 Å². The first-order chi connectivity index (χ1) is 13.0. The van der Waals surface area contributed by atoms with Gasteiger partial charge in [0.25, 0.3) is 11.8 Å². The number of hydroxylamine groups is 2. The summed E-state index contributed by atoms with van der Waals surface area (Å²) in [5.41, 5.74) is 4.00. The second-order valence-corrected chi connectivity index (χ2v) is 6.52. The highest BCUT2D eigenvalue weighted by atomic mass is 16.7. The van der Waals surface area contributed by atoms with Crippen molar-refractivity contribution >= 4 is 23.5 Å². The van der Waals surface area contributed by atoms with E-state index in [1.54, 1.807) is 12.1 Å². The highest BCUT2D eigenvalue weighted by Crippen LogP contribution is 2.25. The number of amides is 2. The maximum absolute atomic E-state index is 12.4. The molecule has 0 aromatic heterocycles. The Kier molecular flexibility index (Phi) is 3.99. The second kappa shape index (κ2) is 6.35. The van der Waals surface area contributed by atoms with Crippen molar-refractivity contribution in [2.75, 3.05) is 0 Å². The van der Waals surface area contributed by atoms with Crippen LogP contribution in [0.3, 0.4) is 0 Å². The van der Waals surface area contributed by atoms with Crippen molar-refractivity contribution in [3.8, 4) is 0 Å². The van der Waals surface area contributed by atoms with Crippen LogP contribution >= 0.6 is 0 Å². The Morgan fingerprint density at radius 1 is 1.07 bits per heavy atom. The van der Waals surface area contributed by atoms with Crippen LogP contribution in [0.1, 0.15) is 43.8 Å². The summed E-state index contributed by atoms with van der Waals surface area (Å²) in [7, 11) is 0. The molecule has 0 N–H and O–H groups in total. The first-order valence-corrected chi connectivity index (χ1v) is 8.45. The number of rotatable bonds is 3. The Bertz CT molecular complexity index is 976. The van der Waals surface area contributed by atoms with Crippen molar-refractivity contribution in [3.63, 3.8) is 0 Å². The van der Waals surface area contributed by atoms with Crippen LogP contribution < -0.4 is 0 Å². The van der Waals surface area contributed by atoms with Gasteiger partial charge >= 0.3 is 5.97 Å². The highest BCUT2D eigenvalue weighted by Gasteiger charge is 2.41. The number of nitrogens with zero attached hydrogens (tertiary/aromatic N) is 2. The molecule has 7 heteroatoms. The fraction of sp³-hybridized carbons (Fsp3) is 0.200. The second-order valence-electron chi connectivity index (χ2n) is 6.52. The lowest BCUT2D eigenvalue weighted by molar-refractivity contribution is -0.180. The number of imide groups is 1. The third-order valence-corrected chi connectivity index (χ3v) is 4.57. The zero-order valence-corrected chi connectivity index (χ0v) is 14.8. The summed E-state index contributed by atoms with van der Waals surface area (Å²) in [6.45, 7) is 3.91. The van der Waals surface area contributed by atoms with E-state index in [0.29, 0.717) is 10.8 Å². The van der Waals surface area contributed by atoms with Gasteiger partial charge in [-0.15, -0.1) is 0 Å². The fourth-order valence-corrected chi connectivity index (χ4v) is 3.11. The lowest BCUT2D eigenvalue weighted by Crippen LogP contribution is -2.37. The van der Waals surface area contributed by atoms with E-state index in [1.807, 2.05) is 32.0 Å². The van der Waals surface area contributed by atoms with Crippen molar-refractivity contribution < 1.29 is 24.1 Å². The molecule has 2 heterocycles. The molecular formula is C20H16N2O5. The number of carbonyl (C=O) groups is 3. The number of oxime groups is 1. The van der Waals surface area contributed by atoms with Crippen LogP contribution in [0, 0.1) is 13.8 Å². The van der Waals surface area contributed by atoms with Crippen molar-refractivity contribution in [1.29, 1.82) is 0 Å². The van der Waals surface area contributed by atoms with Crippen LogP contribution in [0.25, 0.3) is 0 Å². The quantitative estimate of drug-likeness (QED) is 0.782. The summed E-state index contributed by atoms with van der Waals surface area (Å²) < 4.78 is 0. The van der Waals surface area contributed by atoms with Crippen LogP contribution in [0.15, 0.2) is 47.6 Å². The number of hydrogen-bond acceptors (Lipinski definition) is 6. The molecule has 2 aliphatic heterocycles. The van der Waals surface area contributed by atoms with Gasteiger partial charge < -0.3 is 9.68 Å². The maximum Gasteiger partial charge on any atom is 0.376 e. The number of benzene rings is 2. The lowest BCUT2D eigenvalue weighted by atomic mass is 9.98. The lowest BCUT2D eigenvalue weighted by Gasteiger charge is -2.14. The minimum Gasteiger partial charge on any atom is -0.380 e. The molecule has 0 bridgehead atoms. The van der Waals surface area contributed by atoms with Gasteiger partial charge in [-0.05, 0) is 37.6 Å². The van der Waals surface area contributed by atoms with Gasteiger partial charge in [-0.1, -0.05) is 40.0 Å². The van der Waals surface area contributed by atoms with Gasteiger partial charge in [-0.25, -0.2) is 4.79 Å². The van der Waals surface area contributed by atoms with E-state index in [9.17, 15) is 14.4 Å². The normalized spacial score (nSPS) is 18.2. The average molecular weight is 364 g/mol. The predicted molar refractivity (Wildman–Crippen MR) is 95.0 cm³/mol. The Labute approximate surface area is 155 Å². The summed E-state index contributed by atoms with van der Waals surface area (Å²) >= 11 is 0. The fourth-order valence-electron chi connectivity index (χ4n) is 3.11. The molecule has 2 aromatic rings. The van der Waals surface area contributed by atoms with E-state index in [4.69, 9.17) is 9.68 Å².